The predicted octanol–water partition coefficient (Wildman–Crippen LogP) is 3.13. The molecule has 0 aliphatic heterocycles. The molecule has 0 spiro atoms. The van der Waals surface area contributed by atoms with Gasteiger partial charge in [-0.15, -0.1) is 11.3 Å². The molecule has 0 aromatic carbocycles. The van der Waals surface area contributed by atoms with Crippen molar-refractivity contribution in [2.75, 3.05) is 0 Å². The lowest BCUT2D eigenvalue weighted by Crippen LogP contribution is -2.19. The van der Waals surface area contributed by atoms with Gasteiger partial charge in [0.05, 0.1) is 16.9 Å². The Morgan fingerprint density at radius 2 is 2.35 bits per heavy atom. The van der Waals surface area contributed by atoms with Crippen LogP contribution in [0.2, 0.25) is 5.02 Å². The lowest BCUT2D eigenvalue weighted by molar-refractivity contribution is 0.454. The summed E-state index contributed by atoms with van der Waals surface area (Å²) in [5, 5.41) is 2.51. The van der Waals surface area contributed by atoms with Crippen LogP contribution in [-0.4, -0.2) is 20.4 Å². The maximum absolute atomic E-state index is 5.91. The Bertz CT molecular complexity index is 737. The van der Waals surface area contributed by atoms with Crippen LogP contribution in [0, 0.1) is 0 Å². The summed E-state index contributed by atoms with van der Waals surface area (Å²) in [5.41, 5.74) is 6.86. The van der Waals surface area contributed by atoms with Crippen LogP contribution in [0.15, 0.2) is 30.0 Å². The van der Waals surface area contributed by atoms with E-state index in [9.17, 15) is 0 Å². The molecule has 0 aliphatic carbocycles. The number of fused-ring (bicyclic) bond motifs is 1. The van der Waals surface area contributed by atoms with E-state index in [0.717, 1.165) is 10.7 Å². The van der Waals surface area contributed by atoms with Gasteiger partial charge in [0.25, 0.3) is 0 Å². The first-order valence-electron chi connectivity index (χ1n) is 6.12. The largest absolute Gasteiger partial charge is 0.436 e. The summed E-state index contributed by atoms with van der Waals surface area (Å²) < 4.78 is 7.81. The molecule has 1 atom stereocenters. The monoisotopic (exact) mass is 308 g/mol. The Hall–Kier alpha value is -1.63. The summed E-state index contributed by atoms with van der Waals surface area (Å²) in [5.74, 6) is 1.12. The van der Waals surface area contributed by atoms with Crippen LogP contribution in [0.4, 0.5) is 0 Å². The van der Waals surface area contributed by atoms with Gasteiger partial charge >= 0.3 is 0 Å². The van der Waals surface area contributed by atoms with E-state index in [-0.39, 0.29) is 6.04 Å². The van der Waals surface area contributed by atoms with Crippen LogP contribution in [0.3, 0.4) is 0 Å². The van der Waals surface area contributed by atoms with Crippen molar-refractivity contribution in [2.24, 2.45) is 5.73 Å². The first-order chi connectivity index (χ1) is 9.63. The van der Waals surface area contributed by atoms with E-state index in [1.54, 1.807) is 29.8 Å². The number of hydrogen-bond donors (Lipinski definition) is 1. The van der Waals surface area contributed by atoms with E-state index >= 15 is 0 Å². The smallest absolute Gasteiger partial charge is 0.242 e. The van der Waals surface area contributed by atoms with E-state index in [2.05, 4.69) is 9.97 Å². The van der Waals surface area contributed by atoms with E-state index in [4.69, 9.17) is 22.1 Å². The number of rotatable bonds is 4. The third kappa shape index (κ3) is 2.63. The molecule has 0 radical (unpaired) electrons. The van der Waals surface area contributed by atoms with Crippen LogP contribution in [0.5, 0.6) is 11.6 Å². The molecule has 5 nitrogen and oxygen atoms in total. The molecule has 3 aromatic rings. The molecule has 2 N–H and O–H groups in total. The third-order valence-electron chi connectivity index (χ3n) is 2.73. The van der Waals surface area contributed by atoms with Gasteiger partial charge in [0.15, 0.2) is 4.96 Å². The zero-order valence-corrected chi connectivity index (χ0v) is 12.4. The van der Waals surface area contributed by atoms with Crippen molar-refractivity contribution in [3.63, 3.8) is 0 Å². The maximum atomic E-state index is 5.91. The van der Waals surface area contributed by atoms with E-state index in [1.165, 1.54) is 0 Å². The number of aromatic nitrogens is 3. The number of ether oxygens (including phenoxy) is 1. The molecular weight excluding hydrogens is 296 g/mol. The number of thiazole rings is 1. The normalized spacial score (nSPS) is 12.8. The number of pyridine rings is 1. The Morgan fingerprint density at radius 1 is 1.50 bits per heavy atom. The highest BCUT2D eigenvalue weighted by Crippen LogP contribution is 2.29. The lowest BCUT2D eigenvalue weighted by Gasteiger charge is -2.08. The fraction of sp³-hybridized carbons (Fsp3) is 0.231. The van der Waals surface area contributed by atoms with Gasteiger partial charge in [-0.2, -0.15) is 4.98 Å². The quantitative estimate of drug-likeness (QED) is 0.804. The van der Waals surface area contributed by atoms with Gasteiger partial charge in [0.2, 0.25) is 5.88 Å². The summed E-state index contributed by atoms with van der Waals surface area (Å²) in [6.07, 6.45) is 5.81. The average Bonchev–Trinajstić information content (AvgIpc) is 2.93. The van der Waals surface area contributed by atoms with E-state index in [1.807, 2.05) is 22.9 Å². The SMILES string of the molecule is CC(N)Cc1c(Oc2cncc(Cl)c2)nc2sccn12. The summed E-state index contributed by atoms with van der Waals surface area (Å²) in [6, 6.07) is 1.73. The van der Waals surface area contributed by atoms with Crippen molar-refractivity contribution in [1.29, 1.82) is 0 Å². The van der Waals surface area contributed by atoms with Crippen molar-refractivity contribution in [1.82, 2.24) is 14.4 Å². The molecule has 0 amide bonds. The number of nitrogens with zero attached hydrogens (tertiary/aromatic N) is 3. The second kappa shape index (κ2) is 5.40. The fourth-order valence-corrected chi connectivity index (χ4v) is 2.83. The van der Waals surface area contributed by atoms with Crippen molar-refractivity contribution in [3.8, 4) is 11.6 Å². The number of nitrogens with two attached hydrogens (primary N) is 1. The molecule has 3 aromatic heterocycles. The van der Waals surface area contributed by atoms with Crippen LogP contribution in [0.25, 0.3) is 4.96 Å². The Balaban J connectivity index is 1.99. The third-order valence-corrected chi connectivity index (χ3v) is 3.70. The minimum atomic E-state index is 0.0228. The molecular formula is C13H13ClN4OS. The first kappa shape index (κ1) is 13.4. The summed E-state index contributed by atoms with van der Waals surface area (Å²) in [7, 11) is 0. The van der Waals surface area contributed by atoms with Gasteiger partial charge in [-0.3, -0.25) is 9.38 Å². The molecule has 0 saturated carbocycles. The summed E-state index contributed by atoms with van der Waals surface area (Å²) in [6.45, 7) is 1.95. The van der Waals surface area contributed by atoms with Crippen molar-refractivity contribution >= 4 is 27.9 Å². The Kier molecular flexibility index (Phi) is 3.60. The van der Waals surface area contributed by atoms with Crippen LogP contribution >= 0.6 is 22.9 Å². The van der Waals surface area contributed by atoms with Crippen molar-refractivity contribution in [3.05, 3.63) is 40.8 Å². The van der Waals surface area contributed by atoms with Crippen LogP contribution in [0.1, 0.15) is 12.6 Å². The Labute approximate surface area is 125 Å². The van der Waals surface area contributed by atoms with Crippen LogP contribution < -0.4 is 10.5 Å². The molecule has 0 fully saturated rings. The minimum absolute atomic E-state index is 0.0228. The Morgan fingerprint density at radius 3 is 3.10 bits per heavy atom. The first-order valence-corrected chi connectivity index (χ1v) is 7.37. The standard InChI is InChI=1S/C13H13ClN4OS/c1-8(15)4-11-12(17-13-18(11)2-3-20-13)19-10-5-9(14)6-16-7-10/h2-3,5-8H,4,15H2,1H3. The molecule has 3 rings (SSSR count). The number of halogens is 1. The van der Waals surface area contributed by atoms with Gasteiger partial charge in [-0.25, -0.2) is 0 Å². The second-order valence-electron chi connectivity index (χ2n) is 4.54. The molecule has 0 bridgehead atoms. The molecule has 1 unspecified atom stereocenters. The molecule has 3 heterocycles. The van der Waals surface area contributed by atoms with Gasteiger partial charge in [0, 0.05) is 36.3 Å². The van der Waals surface area contributed by atoms with E-state index in [0.29, 0.717) is 23.1 Å². The number of imidazole rings is 1. The topological polar surface area (TPSA) is 65.4 Å². The maximum Gasteiger partial charge on any atom is 0.242 e. The van der Waals surface area contributed by atoms with Crippen molar-refractivity contribution in [2.45, 2.75) is 19.4 Å². The zero-order chi connectivity index (χ0) is 14.1. The highest BCUT2D eigenvalue weighted by atomic mass is 35.5. The van der Waals surface area contributed by atoms with Crippen molar-refractivity contribution < 1.29 is 4.74 Å². The van der Waals surface area contributed by atoms with Gasteiger partial charge in [-0.05, 0) is 6.92 Å². The average molecular weight is 309 g/mol. The molecule has 0 aliphatic rings. The predicted molar refractivity (Wildman–Crippen MR) is 79.7 cm³/mol. The zero-order valence-electron chi connectivity index (χ0n) is 10.8. The molecule has 20 heavy (non-hydrogen) atoms. The minimum Gasteiger partial charge on any atom is -0.436 e. The summed E-state index contributed by atoms with van der Waals surface area (Å²) >= 11 is 7.46. The molecule has 104 valence electrons. The van der Waals surface area contributed by atoms with Gasteiger partial charge in [-0.1, -0.05) is 11.6 Å². The van der Waals surface area contributed by atoms with Gasteiger partial charge < -0.3 is 10.5 Å². The highest BCUT2D eigenvalue weighted by molar-refractivity contribution is 7.15. The summed E-state index contributed by atoms with van der Waals surface area (Å²) in [4.78, 5) is 9.36. The number of hydrogen-bond acceptors (Lipinski definition) is 5. The van der Waals surface area contributed by atoms with E-state index < -0.39 is 0 Å². The highest BCUT2D eigenvalue weighted by Gasteiger charge is 2.16. The molecule has 0 saturated heterocycles. The van der Waals surface area contributed by atoms with Gasteiger partial charge in [0.1, 0.15) is 5.75 Å². The lowest BCUT2D eigenvalue weighted by atomic mass is 10.2. The molecule has 7 heteroatoms. The second-order valence-corrected chi connectivity index (χ2v) is 5.85. The van der Waals surface area contributed by atoms with Crippen LogP contribution in [-0.2, 0) is 6.42 Å². The fourth-order valence-electron chi connectivity index (χ4n) is 1.94.